The number of carbonyl (C=O) groups is 1. The van der Waals surface area contributed by atoms with E-state index in [4.69, 9.17) is 26.1 Å². The largest absolute Gasteiger partial charge is 0.464 e. The zero-order valence-corrected chi connectivity index (χ0v) is 18.8. The van der Waals surface area contributed by atoms with Crippen LogP contribution in [-0.2, 0) is 21.3 Å². The van der Waals surface area contributed by atoms with E-state index in [9.17, 15) is 14.0 Å². The Morgan fingerprint density at radius 1 is 1.34 bits per heavy atom. The van der Waals surface area contributed by atoms with Gasteiger partial charge in [-0.25, -0.2) is 14.2 Å². The number of benzene rings is 1. The summed E-state index contributed by atoms with van der Waals surface area (Å²) in [6, 6.07) is 6.00. The number of pyridine rings is 1. The highest BCUT2D eigenvalue weighted by molar-refractivity contribution is 6.30. The highest BCUT2D eigenvalue weighted by Gasteiger charge is 2.31. The second-order valence-electron chi connectivity index (χ2n) is 7.77. The summed E-state index contributed by atoms with van der Waals surface area (Å²) in [5, 5.41) is 0.479. The molecule has 0 radical (unpaired) electrons. The molecular formula is C23H23ClFN3O4. The third-order valence-corrected chi connectivity index (χ3v) is 5.98. The van der Waals surface area contributed by atoms with Gasteiger partial charge in [-0.05, 0) is 51.0 Å². The minimum absolute atomic E-state index is 0.136. The van der Waals surface area contributed by atoms with Crippen molar-refractivity contribution in [1.29, 1.82) is 0 Å². The average Bonchev–Trinajstić information content (AvgIpc) is 2.77. The zero-order valence-electron chi connectivity index (χ0n) is 18.0. The minimum atomic E-state index is -0.694. The second kappa shape index (κ2) is 8.96. The lowest BCUT2D eigenvalue weighted by atomic mass is 9.91. The molecule has 0 bridgehead atoms. The number of carbonyl (C=O) groups excluding carboxylic acids is 1. The summed E-state index contributed by atoms with van der Waals surface area (Å²) in [7, 11) is 1.61. The molecule has 9 heteroatoms. The first-order chi connectivity index (χ1) is 15.3. The van der Waals surface area contributed by atoms with Crippen molar-refractivity contribution >= 4 is 28.5 Å². The van der Waals surface area contributed by atoms with Gasteiger partial charge in [0.2, 0.25) is 0 Å². The Hall–Kier alpha value is -2.84. The summed E-state index contributed by atoms with van der Waals surface area (Å²) < 4.78 is 27.0. The monoisotopic (exact) mass is 459 g/mol. The fourth-order valence-electron chi connectivity index (χ4n) is 3.96. The highest BCUT2D eigenvalue weighted by atomic mass is 35.5. The molecule has 1 aromatic carbocycles. The van der Waals surface area contributed by atoms with E-state index in [0.717, 1.165) is 0 Å². The molecule has 2 aromatic heterocycles. The van der Waals surface area contributed by atoms with Crippen molar-refractivity contribution in [2.24, 2.45) is 7.05 Å². The number of hydrogen-bond donors (Lipinski definition) is 0. The Morgan fingerprint density at radius 3 is 2.84 bits per heavy atom. The topological polar surface area (TPSA) is 83.3 Å². The number of aromatic nitrogens is 3. The maximum atomic E-state index is 14.9. The standard InChI is InChI=1S/C23H23ClFN3O4/c1-4-31-23(30)19-9-13(7-8-32-19)17-11-18-20(22(29)28(3)12(2)26-18)21(27-17)15-6-5-14(24)10-16(15)25/h5-6,10-11,13,19H,4,7-9H2,1-3H3. The molecule has 1 fully saturated rings. The minimum Gasteiger partial charge on any atom is -0.464 e. The van der Waals surface area contributed by atoms with E-state index >= 15 is 0 Å². The molecule has 1 aliphatic rings. The van der Waals surface area contributed by atoms with Gasteiger partial charge >= 0.3 is 5.97 Å². The molecule has 0 amide bonds. The van der Waals surface area contributed by atoms with Gasteiger partial charge < -0.3 is 9.47 Å². The molecule has 1 saturated heterocycles. The fourth-order valence-corrected chi connectivity index (χ4v) is 4.12. The molecule has 32 heavy (non-hydrogen) atoms. The van der Waals surface area contributed by atoms with Crippen LogP contribution >= 0.6 is 11.6 Å². The number of rotatable bonds is 4. The second-order valence-corrected chi connectivity index (χ2v) is 8.21. The van der Waals surface area contributed by atoms with Gasteiger partial charge in [0.1, 0.15) is 11.6 Å². The van der Waals surface area contributed by atoms with Gasteiger partial charge in [-0.2, -0.15) is 0 Å². The number of aryl methyl sites for hydroxylation is 1. The van der Waals surface area contributed by atoms with Crippen molar-refractivity contribution in [1.82, 2.24) is 14.5 Å². The molecule has 0 saturated carbocycles. The van der Waals surface area contributed by atoms with E-state index < -0.39 is 17.9 Å². The summed E-state index contributed by atoms with van der Waals surface area (Å²) >= 11 is 5.93. The first kappa shape index (κ1) is 22.4. The summed E-state index contributed by atoms with van der Waals surface area (Å²) in [5.41, 5.74) is 1.11. The lowest BCUT2D eigenvalue weighted by Gasteiger charge is -2.28. The van der Waals surface area contributed by atoms with Gasteiger partial charge in [-0.1, -0.05) is 11.6 Å². The number of halogens is 2. The summed E-state index contributed by atoms with van der Waals surface area (Å²) in [6.45, 7) is 4.10. The van der Waals surface area contributed by atoms with Crippen LogP contribution in [-0.4, -0.2) is 39.8 Å². The van der Waals surface area contributed by atoms with Gasteiger partial charge in [-0.3, -0.25) is 14.3 Å². The van der Waals surface area contributed by atoms with Crippen molar-refractivity contribution in [3.63, 3.8) is 0 Å². The van der Waals surface area contributed by atoms with Gasteiger partial charge in [0.15, 0.2) is 6.10 Å². The molecule has 7 nitrogen and oxygen atoms in total. The Kier molecular flexibility index (Phi) is 6.26. The number of fused-ring (bicyclic) bond motifs is 1. The summed E-state index contributed by atoms with van der Waals surface area (Å²) in [6.07, 6.45) is 0.310. The van der Waals surface area contributed by atoms with Gasteiger partial charge in [0.25, 0.3) is 5.56 Å². The first-order valence-corrected chi connectivity index (χ1v) is 10.8. The Bertz CT molecular complexity index is 1260. The lowest BCUT2D eigenvalue weighted by molar-refractivity contribution is -0.160. The van der Waals surface area contributed by atoms with Gasteiger partial charge in [0.05, 0.1) is 23.2 Å². The predicted octanol–water partition coefficient (Wildman–Crippen LogP) is 3.92. The molecular weight excluding hydrogens is 437 g/mol. The third-order valence-electron chi connectivity index (χ3n) is 5.74. The zero-order chi connectivity index (χ0) is 23.0. The molecule has 4 rings (SSSR count). The van der Waals surface area contributed by atoms with E-state index in [-0.39, 0.29) is 39.8 Å². The molecule has 0 aliphatic carbocycles. The van der Waals surface area contributed by atoms with E-state index in [0.29, 0.717) is 36.5 Å². The van der Waals surface area contributed by atoms with Crippen LogP contribution in [0.1, 0.15) is 37.2 Å². The van der Waals surface area contributed by atoms with Crippen molar-refractivity contribution in [3.8, 4) is 11.3 Å². The lowest BCUT2D eigenvalue weighted by Crippen LogP contribution is -2.33. The summed E-state index contributed by atoms with van der Waals surface area (Å²) in [5.74, 6) is -0.603. The van der Waals surface area contributed by atoms with Crippen LogP contribution in [0.15, 0.2) is 29.1 Å². The first-order valence-electron chi connectivity index (χ1n) is 10.4. The normalized spacial score (nSPS) is 18.7. The smallest absolute Gasteiger partial charge is 0.335 e. The number of esters is 1. The van der Waals surface area contributed by atoms with Crippen LogP contribution in [0, 0.1) is 12.7 Å². The fraction of sp³-hybridized carbons (Fsp3) is 0.391. The van der Waals surface area contributed by atoms with Crippen LogP contribution in [0.25, 0.3) is 22.2 Å². The molecule has 1 aliphatic heterocycles. The summed E-state index contributed by atoms with van der Waals surface area (Å²) in [4.78, 5) is 34.5. The van der Waals surface area contributed by atoms with Crippen LogP contribution in [0.2, 0.25) is 5.02 Å². The quantitative estimate of drug-likeness (QED) is 0.550. The molecule has 3 heterocycles. The van der Waals surface area contributed by atoms with E-state index in [2.05, 4.69) is 4.98 Å². The van der Waals surface area contributed by atoms with Gasteiger partial charge in [0, 0.05) is 35.9 Å². The number of nitrogens with zero attached hydrogens (tertiary/aromatic N) is 3. The van der Waals surface area contributed by atoms with E-state index in [1.165, 1.54) is 16.7 Å². The molecule has 2 atom stereocenters. The Morgan fingerprint density at radius 2 is 2.12 bits per heavy atom. The van der Waals surface area contributed by atoms with Crippen LogP contribution < -0.4 is 5.56 Å². The molecule has 0 spiro atoms. The Labute approximate surface area is 189 Å². The molecule has 168 valence electrons. The SMILES string of the molecule is CCOC(=O)C1CC(c2cc3nc(C)n(C)c(=O)c3c(-c3ccc(Cl)cc3F)n2)CCO1. The molecule has 2 unspecified atom stereocenters. The Balaban J connectivity index is 1.89. The van der Waals surface area contributed by atoms with Crippen LogP contribution in [0.3, 0.4) is 0 Å². The van der Waals surface area contributed by atoms with Crippen LogP contribution in [0.5, 0.6) is 0 Å². The van der Waals surface area contributed by atoms with Crippen LogP contribution in [0.4, 0.5) is 4.39 Å². The third kappa shape index (κ3) is 4.12. The van der Waals surface area contributed by atoms with Crippen molar-refractivity contribution in [3.05, 3.63) is 57.0 Å². The number of hydrogen-bond acceptors (Lipinski definition) is 6. The van der Waals surface area contributed by atoms with Gasteiger partial charge in [-0.15, -0.1) is 0 Å². The van der Waals surface area contributed by atoms with Crippen molar-refractivity contribution in [2.45, 2.75) is 38.7 Å². The molecule has 3 aromatic rings. The number of ether oxygens (including phenoxy) is 2. The predicted molar refractivity (Wildman–Crippen MR) is 118 cm³/mol. The maximum absolute atomic E-state index is 14.9. The highest BCUT2D eigenvalue weighted by Crippen LogP contribution is 2.34. The van der Waals surface area contributed by atoms with E-state index in [1.807, 2.05) is 0 Å². The maximum Gasteiger partial charge on any atom is 0.335 e. The van der Waals surface area contributed by atoms with Crippen molar-refractivity contribution in [2.75, 3.05) is 13.2 Å². The van der Waals surface area contributed by atoms with E-state index in [1.54, 1.807) is 33.0 Å². The average molecular weight is 460 g/mol. The van der Waals surface area contributed by atoms with Crippen molar-refractivity contribution < 1.29 is 18.7 Å². The molecule has 0 N–H and O–H groups in total.